The van der Waals surface area contributed by atoms with E-state index in [9.17, 15) is 0 Å². The number of nitrogens with zero attached hydrogens (tertiary/aromatic N) is 1. The van der Waals surface area contributed by atoms with Crippen molar-refractivity contribution < 1.29 is 0 Å². The molecule has 11 heavy (non-hydrogen) atoms. The molecule has 1 heteroatoms. The summed E-state index contributed by atoms with van der Waals surface area (Å²) >= 11 is 0. The summed E-state index contributed by atoms with van der Waals surface area (Å²) in [6.45, 7) is 2.20. The van der Waals surface area contributed by atoms with Crippen molar-refractivity contribution in [2.45, 2.75) is 39.0 Å². The standard InChI is InChI=1S/C10H16N/c1-2-3-4-5-6-7-8-9-10-11/h6-7,9H,2-5,8H2,1H3. The Balaban J connectivity index is 2.98. The third-order valence-corrected chi connectivity index (χ3v) is 1.49. The number of allylic oxidation sites excluding steroid dienone is 2. The van der Waals surface area contributed by atoms with E-state index >= 15 is 0 Å². The molecule has 0 aliphatic heterocycles. The molecule has 0 heterocycles. The molecule has 1 nitrogen and oxygen atoms in total. The number of hydrogen-bond donors (Lipinski definition) is 0. The highest BCUT2D eigenvalue weighted by Gasteiger charge is 1.81. The van der Waals surface area contributed by atoms with Gasteiger partial charge in [0.1, 0.15) is 0 Å². The summed E-state index contributed by atoms with van der Waals surface area (Å²) in [7, 11) is 0. The van der Waals surface area contributed by atoms with Gasteiger partial charge in [-0.05, 0) is 19.3 Å². The van der Waals surface area contributed by atoms with Crippen LogP contribution in [-0.2, 0) is 0 Å². The molecule has 0 spiro atoms. The highest BCUT2D eigenvalue weighted by atomic mass is 14.2. The van der Waals surface area contributed by atoms with Crippen LogP contribution >= 0.6 is 0 Å². The molecule has 0 aromatic heterocycles. The summed E-state index contributed by atoms with van der Waals surface area (Å²) in [6, 6.07) is 1.99. The molecule has 0 saturated heterocycles. The Labute approximate surface area is 69.7 Å². The van der Waals surface area contributed by atoms with Gasteiger partial charge in [-0.3, -0.25) is 0 Å². The van der Waals surface area contributed by atoms with Gasteiger partial charge in [-0.25, -0.2) is 0 Å². The van der Waals surface area contributed by atoms with E-state index in [1.807, 2.05) is 6.07 Å². The van der Waals surface area contributed by atoms with Gasteiger partial charge in [0, 0.05) is 0 Å². The summed E-state index contributed by atoms with van der Waals surface area (Å²) in [4.78, 5) is 0. The van der Waals surface area contributed by atoms with Crippen LogP contribution < -0.4 is 0 Å². The maximum absolute atomic E-state index is 8.17. The minimum Gasteiger partial charge on any atom is -0.198 e. The summed E-state index contributed by atoms with van der Waals surface area (Å²) in [5, 5.41) is 8.17. The first-order chi connectivity index (χ1) is 5.41. The van der Waals surface area contributed by atoms with Crippen LogP contribution in [0.15, 0.2) is 12.2 Å². The Bertz CT molecular complexity index is 130. The fraction of sp³-hybridized carbons (Fsp3) is 0.600. The van der Waals surface area contributed by atoms with E-state index in [4.69, 9.17) is 5.26 Å². The van der Waals surface area contributed by atoms with Crippen LogP contribution in [0.4, 0.5) is 0 Å². The number of hydrogen-bond acceptors (Lipinski definition) is 1. The zero-order valence-electron chi connectivity index (χ0n) is 7.21. The Morgan fingerprint density at radius 2 is 2.09 bits per heavy atom. The van der Waals surface area contributed by atoms with Crippen LogP contribution in [0, 0.1) is 17.8 Å². The minimum atomic E-state index is 0.794. The molecule has 1 radical (unpaired) electrons. The van der Waals surface area contributed by atoms with Crippen LogP contribution in [0.5, 0.6) is 0 Å². The molecule has 0 fully saturated rings. The van der Waals surface area contributed by atoms with E-state index < -0.39 is 0 Å². The molecule has 0 saturated carbocycles. The monoisotopic (exact) mass is 150 g/mol. The predicted octanol–water partition coefficient (Wildman–Crippen LogP) is 3.24. The maximum atomic E-state index is 8.17. The average Bonchev–Trinajstić information content (AvgIpc) is 2.03. The molecule has 0 atom stereocenters. The van der Waals surface area contributed by atoms with Crippen molar-refractivity contribution in [1.82, 2.24) is 0 Å². The van der Waals surface area contributed by atoms with Crippen molar-refractivity contribution in [1.29, 1.82) is 5.26 Å². The van der Waals surface area contributed by atoms with E-state index in [0.29, 0.717) is 0 Å². The van der Waals surface area contributed by atoms with Crippen molar-refractivity contribution in [3.63, 3.8) is 0 Å². The summed E-state index contributed by atoms with van der Waals surface area (Å²) < 4.78 is 0. The molecule has 0 aliphatic carbocycles. The summed E-state index contributed by atoms with van der Waals surface area (Å²) in [5.41, 5.74) is 0. The Morgan fingerprint density at radius 3 is 2.73 bits per heavy atom. The third kappa shape index (κ3) is 9.23. The van der Waals surface area contributed by atoms with E-state index in [-0.39, 0.29) is 0 Å². The van der Waals surface area contributed by atoms with Crippen LogP contribution in [0.2, 0.25) is 0 Å². The fourth-order valence-electron chi connectivity index (χ4n) is 0.847. The van der Waals surface area contributed by atoms with E-state index in [1.54, 1.807) is 6.42 Å². The van der Waals surface area contributed by atoms with E-state index in [1.165, 1.54) is 19.3 Å². The van der Waals surface area contributed by atoms with Crippen LogP contribution in [0.1, 0.15) is 39.0 Å². The van der Waals surface area contributed by atoms with E-state index in [0.717, 1.165) is 12.8 Å². The van der Waals surface area contributed by atoms with Gasteiger partial charge in [0.05, 0.1) is 12.5 Å². The highest BCUT2D eigenvalue weighted by molar-refractivity contribution is 4.98. The van der Waals surface area contributed by atoms with Gasteiger partial charge in [-0.2, -0.15) is 5.26 Å². The van der Waals surface area contributed by atoms with Gasteiger partial charge < -0.3 is 0 Å². The topological polar surface area (TPSA) is 23.8 Å². The first-order valence-corrected chi connectivity index (χ1v) is 4.28. The SMILES string of the molecule is CCCCCC=CC[CH]C#N. The zero-order valence-corrected chi connectivity index (χ0v) is 7.21. The van der Waals surface area contributed by atoms with Crippen molar-refractivity contribution in [2.24, 2.45) is 0 Å². The average molecular weight is 150 g/mol. The lowest BCUT2D eigenvalue weighted by Crippen LogP contribution is -1.71. The maximum Gasteiger partial charge on any atom is 0.0672 e. The Kier molecular flexibility index (Phi) is 8.58. The molecule has 0 bridgehead atoms. The van der Waals surface area contributed by atoms with Crippen LogP contribution in [0.25, 0.3) is 0 Å². The summed E-state index contributed by atoms with van der Waals surface area (Å²) in [6.07, 6.45) is 11.6. The van der Waals surface area contributed by atoms with Crippen molar-refractivity contribution >= 4 is 0 Å². The summed E-state index contributed by atoms with van der Waals surface area (Å²) in [5.74, 6) is 0. The number of rotatable bonds is 6. The molecule has 0 amide bonds. The zero-order chi connectivity index (χ0) is 8.36. The molecule has 0 rings (SSSR count). The van der Waals surface area contributed by atoms with Crippen molar-refractivity contribution in [3.05, 3.63) is 18.6 Å². The molecular weight excluding hydrogens is 134 g/mol. The highest BCUT2D eigenvalue weighted by Crippen LogP contribution is 2.00. The van der Waals surface area contributed by atoms with E-state index in [2.05, 4.69) is 19.1 Å². The first-order valence-electron chi connectivity index (χ1n) is 4.28. The second kappa shape index (κ2) is 9.23. The smallest absolute Gasteiger partial charge is 0.0672 e. The van der Waals surface area contributed by atoms with Crippen LogP contribution in [0.3, 0.4) is 0 Å². The van der Waals surface area contributed by atoms with Gasteiger partial charge in [0.25, 0.3) is 0 Å². The Hall–Kier alpha value is -0.770. The molecule has 0 aromatic rings. The molecule has 0 aromatic carbocycles. The minimum absolute atomic E-state index is 0.794. The van der Waals surface area contributed by atoms with Gasteiger partial charge >= 0.3 is 0 Å². The van der Waals surface area contributed by atoms with Crippen molar-refractivity contribution in [2.75, 3.05) is 0 Å². The normalized spacial score (nSPS) is 10.2. The van der Waals surface area contributed by atoms with Gasteiger partial charge in [-0.1, -0.05) is 31.9 Å². The lowest BCUT2D eigenvalue weighted by molar-refractivity contribution is 0.728. The lowest BCUT2D eigenvalue weighted by atomic mass is 10.2. The van der Waals surface area contributed by atoms with Crippen molar-refractivity contribution in [3.8, 4) is 6.07 Å². The Morgan fingerprint density at radius 1 is 1.27 bits per heavy atom. The molecule has 0 unspecified atom stereocenters. The second-order valence-electron chi connectivity index (χ2n) is 2.54. The number of nitriles is 1. The first kappa shape index (κ1) is 10.2. The van der Waals surface area contributed by atoms with Gasteiger partial charge in [-0.15, -0.1) is 0 Å². The fourth-order valence-corrected chi connectivity index (χ4v) is 0.847. The quantitative estimate of drug-likeness (QED) is 0.421. The second-order valence-corrected chi connectivity index (χ2v) is 2.54. The largest absolute Gasteiger partial charge is 0.198 e. The third-order valence-electron chi connectivity index (χ3n) is 1.49. The van der Waals surface area contributed by atoms with Crippen LogP contribution in [-0.4, -0.2) is 0 Å². The van der Waals surface area contributed by atoms with Gasteiger partial charge in [0.2, 0.25) is 0 Å². The predicted molar refractivity (Wildman–Crippen MR) is 47.8 cm³/mol. The molecule has 0 aliphatic rings. The lowest BCUT2D eigenvalue weighted by Gasteiger charge is -1.90. The number of unbranched alkanes of at least 4 members (excludes halogenated alkanes) is 4. The molecular formula is C10H16N. The molecule has 61 valence electrons. The van der Waals surface area contributed by atoms with Gasteiger partial charge in [0.15, 0.2) is 0 Å². The molecule has 0 N–H and O–H groups in total.